The maximum Gasteiger partial charge on any atom is 0.240 e. The molecule has 0 heterocycles. The molecule has 6 nitrogen and oxygen atoms in total. The monoisotopic (exact) mass is 333 g/mol. The molecule has 0 saturated heterocycles. The molecule has 0 atom stereocenters. The zero-order valence-corrected chi connectivity index (χ0v) is 13.4. The molecule has 1 fully saturated rings. The minimum Gasteiger partial charge on any atom is -0.326 e. The summed E-state index contributed by atoms with van der Waals surface area (Å²) >= 11 is 0. The molecule has 0 spiro atoms. The zero-order chi connectivity index (χ0) is 14.8. The third kappa shape index (κ3) is 4.67. The van der Waals surface area contributed by atoms with Crippen molar-refractivity contribution in [3.63, 3.8) is 0 Å². The summed E-state index contributed by atoms with van der Waals surface area (Å²) in [4.78, 5) is 11.1. The normalized spacial score (nSPS) is 16.5. The number of rotatable bonds is 5. The third-order valence-electron chi connectivity index (χ3n) is 3.45. The number of nitrogens with one attached hydrogen (secondary N) is 2. The molecule has 1 aliphatic rings. The molecular weight excluding hydrogens is 314 g/mol. The summed E-state index contributed by atoms with van der Waals surface area (Å²) in [5.41, 5.74) is 6.15. The highest BCUT2D eigenvalue weighted by atomic mass is 35.5. The Morgan fingerprint density at radius 2 is 1.86 bits per heavy atom. The van der Waals surface area contributed by atoms with E-state index in [9.17, 15) is 13.2 Å². The van der Waals surface area contributed by atoms with Gasteiger partial charge in [0, 0.05) is 24.7 Å². The van der Waals surface area contributed by atoms with E-state index in [0.29, 0.717) is 5.69 Å². The van der Waals surface area contributed by atoms with Crippen molar-refractivity contribution < 1.29 is 13.2 Å². The first kappa shape index (κ1) is 17.9. The lowest BCUT2D eigenvalue weighted by Gasteiger charge is -2.38. The Balaban J connectivity index is 0.00000220. The topological polar surface area (TPSA) is 101 Å². The molecule has 8 heteroatoms. The summed E-state index contributed by atoms with van der Waals surface area (Å²) in [7, 11) is -3.56. The number of benzene rings is 1. The first-order valence-corrected chi connectivity index (χ1v) is 7.95. The second-order valence-electron chi connectivity index (χ2n) is 5.25. The Hall–Kier alpha value is -1.15. The first-order valence-electron chi connectivity index (χ1n) is 6.47. The van der Waals surface area contributed by atoms with Crippen molar-refractivity contribution >= 4 is 34.0 Å². The summed E-state index contributed by atoms with van der Waals surface area (Å²) in [5.74, 6) is -0.200. The first-order chi connectivity index (χ1) is 9.31. The van der Waals surface area contributed by atoms with Crippen LogP contribution in [0.5, 0.6) is 0 Å². The van der Waals surface area contributed by atoms with Gasteiger partial charge in [0.15, 0.2) is 0 Å². The lowest BCUT2D eigenvalue weighted by atomic mass is 9.78. The summed E-state index contributed by atoms with van der Waals surface area (Å²) in [5, 5.41) is 2.58. The van der Waals surface area contributed by atoms with Crippen molar-refractivity contribution in [2.75, 3.05) is 11.9 Å². The van der Waals surface area contributed by atoms with Gasteiger partial charge in [-0.15, -0.1) is 12.4 Å². The average molecular weight is 334 g/mol. The predicted molar refractivity (Wildman–Crippen MR) is 84.0 cm³/mol. The van der Waals surface area contributed by atoms with Gasteiger partial charge in [0.2, 0.25) is 15.9 Å². The molecule has 0 aliphatic heterocycles. The molecule has 0 bridgehead atoms. The summed E-state index contributed by atoms with van der Waals surface area (Å²) in [6.07, 6.45) is 2.73. The van der Waals surface area contributed by atoms with Gasteiger partial charge >= 0.3 is 0 Å². The van der Waals surface area contributed by atoms with Crippen LogP contribution in [0.15, 0.2) is 29.2 Å². The summed E-state index contributed by atoms with van der Waals surface area (Å²) in [6, 6.07) is 6.02. The third-order valence-corrected chi connectivity index (χ3v) is 4.87. The molecule has 1 aromatic carbocycles. The van der Waals surface area contributed by atoms with Crippen LogP contribution in [0.4, 0.5) is 5.69 Å². The lowest BCUT2D eigenvalue weighted by Crippen LogP contribution is -2.54. The van der Waals surface area contributed by atoms with Crippen molar-refractivity contribution in [2.45, 2.75) is 36.6 Å². The summed E-state index contributed by atoms with van der Waals surface area (Å²) in [6.45, 7) is 1.65. The predicted octanol–water partition coefficient (Wildman–Crippen LogP) is 1.23. The number of anilines is 1. The fourth-order valence-electron chi connectivity index (χ4n) is 2.05. The Bertz CT molecular complexity index is 598. The van der Waals surface area contributed by atoms with Crippen molar-refractivity contribution in [2.24, 2.45) is 5.73 Å². The molecule has 1 aliphatic carbocycles. The molecule has 0 unspecified atom stereocenters. The maximum absolute atomic E-state index is 12.1. The number of sulfonamides is 1. The highest BCUT2D eigenvalue weighted by Gasteiger charge is 2.33. The highest BCUT2D eigenvalue weighted by Crippen LogP contribution is 2.28. The van der Waals surface area contributed by atoms with Crippen LogP contribution in [0, 0.1) is 0 Å². The van der Waals surface area contributed by atoms with Crippen LogP contribution in [0.1, 0.15) is 26.2 Å². The average Bonchev–Trinajstić information content (AvgIpc) is 2.34. The van der Waals surface area contributed by atoms with Gasteiger partial charge in [0.25, 0.3) is 0 Å². The minimum atomic E-state index is -3.56. The van der Waals surface area contributed by atoms with Crippen molar-refractivity contribution in [3.8, 4) is 0 Å². The van der Waals surface area contributed by atoms with Gasteiger partial charge in [-0.2, -0.15) is 0 Å². The molecule has 1 saturated carbocycles. The van der Waals surface area contributed by atoms with Crippen LogP contribution in [-0.2, 0) is 14.8 Å². The molecule has 118 valence electrons. The standard InChI is InChI=1S/C13H19N3O3S.ClH/c1-10(17)16-11-3-5-12(6-4-11)20(18,19)15-9-13(14)7-2-8-13;/h3-6,15H,2,7-9,14H2,1H3,(H,16,17);1H. The zero-order valence-electron chi connectivity index (χ0n) is 11.8. The number of halogens is 1. The van der Waals surface area contributed by atoms with Gasteiger partial charge in [-0.1, -0.05) is 0 Å². The molecule has 0 radical (unpaired) electrons. The van der Waals surface area contributed by atoms with E-state index in [4.69, 9.17) is 5.73 Å². The highest BCUT2D eigenvalue weighted by molar-refractivity contribution is 7.89. The molecule has 21 heavy (non-hydrogen) atoms. The van der Waals surface area contributed by atoms with Gasteiger partial charge < -0.3 is 11.1 Å². The fraction of sp³-hybridized carbons (Fsp3) is 0.462. The number of nitrogens with two attached hydrogens (primary N) is 1. The van der Waals surface area contributed by atoms with Crippen molar-refractivity contribution in [1.82, 2.24) is 4.72 Å². The SMILES string of the molecule is CC(=O)Nc1ccc(S(=O)(=O)NCC2(N)CCC2)cc1.Cl. The van der Waals surface area contributed by atoms with Crippen LogP contribution in [0.2, 0.25) is 0 Å². The van der Waals surface area contributed by atoms with E-state index in [1.54, 1.807) is 12.1 Å². The second kappa shape index (κ2) is 6.74. The largest absolute Gasteiger partial charge is 0.326 e. The van der Waals surface area contributed by atoms with E-state index in [2.05, 4.69) is 10.0 Å². The smallest absolute Gasteiger partial charge is 0.240 e. The molecule has 4 N–H and O–H groups in total. The number of carbonyl (C=O) groups is 1. The second-order valence-corrected chi connectivity index (χ2v) is 7.01. The van der Waals surface area contributed by atoms with E-state index in [0.717, 1.165) is 19.3 Å². The fourth-order valence-corrected chi connectivity index (χ4v) is 3.19. The van der Waals surface area contributed by atoms with Crippen molar-refractivity contribution in [3.05, 3.63) is 24.3 Å². The number of amides is 1. The quantitative estimate of drug-likeness (QED) is 0.754. The van der Waals surface area contributed by atoms with Crippen LogP contribution in [0.25, 0.3) is 0 Å². The molecular formula is C13H20ClN3O3S. The van der Waals surface area contributed by atoms with Crippen LogP contribution >= 0.6 is 12.4 Å². The van der Waals surface area contributed by atoms with Gasteiger partial charge in [-0.25, -0.2) is 13.1 Å². The van der Waals surface area contributed by atoms with E-state index in [-0.39, 0.29) is 29.8 Å². The Labute approximate surface area is 130 Å². The summed E-state index contributed by atoms with van der Waals surface area (Å²) < 4.78 is 26.7. The van der Waals surface area contributed by atoms with Gasteiger partial charge in [0.05, 0.1) is 4.90 Å². The van der Waals surface area contributed by atoms with E-state index in [1.807, 2.05) is 0 Å². The Morgan fingerprint density at radius 1 is 1.29 bits per heavy atom. The molecule has 0 aromatic heterocycles. The molecule has 2 rings (SSSR count). The van der Waals surface area contributed by atoms with Crippen LogP contribution in [-0.4, -0.2) is 26.4 Å². The van der Waals surface area contributed by atoms with Gasteiger partial charge in [0.1, 0.15) is 0 Å². The maximum atomic E-state index is 12.1. The Kier molecular flexibility index (Phi) is 5.75. The van der Waals surface area contributed by atoms with E-state index < -0.39 is 15.6 Å². The van der Waals surface area contributed by atoms with E-state index >= 15 is 0 Å². The van der Waals surface area contributed by atoms with E-state index in [1.165, 1.54) is 19.1 Å². The number of carbonyl (C=O) groups excluding carboxylic acids is 1. The Morgan fingerprint density at radius 3 is 2.29 bits per heavy atom. The molecule has 1 amide bonds. The lowest BCUT2D eigenvalue weighted by molar-refractivity contribution is -0.114. The molecule has 1 aromatic rings. The number of hydrogen-bond acceptors (Lipinski definition) is 4. The van der Waals surface area contributed by atoms with Crippen LogP contribution in [0.3, 0.4) is 0 Å². The van der Waals surface area contributed by atoms with Crippen LogP contribution < -0.4 is 15.8 Å². The van der Waals surface area contributed by atoms with Gasteiger partial charge in [-0.3, -0.25) is 4.79 Å². The van der Waals surface area contributed by atoms with Gasteiger partial charge in [-0.05, 0) is 43.5 Å². The minimum absolute atomic E-state index is 0. The van der Waals surface area contributed by atoms with Crippen molar-refractivity contribution in [1.29, 1.82) is 0 Å². The number of hydrogen-bond donors (Lipinski definition) is 3.